The highest BCUT2D eigenvalue weighted by Gasteiger charge is 2.34. The number of benzene rings is 2. The molecule has 1 saturated carbocycles. The van der Waals surface area contributed by atoms with Crippen molar-refractivity contribution in [2.45, 2.75) is 68.5 Å². The van der Waals surface area contributed by atoms with Crippen LogP contribution in [0.25, 0.3) is 0 Å². The molecular weight excluding hydrogens is 598 g/mol. The van der Waals surface area contributed by atoms with E-state index in [9.17, 15) is 16.8 Å². The van der Waals surface area contributed by atoms with Crippen LogP contribution in [0.5, 0.6) is 0 Å². The van der Waals surface area contributed by atoms with Crippen LogP contribution in [0.1, 0.15) is 48.1 Å². The lowest BCUT2D eigenvalue weighted by atomic mass is 10.1. The summed E-state index contributed by atoms with van der Waals surface area (Å²) >= 11 is 7.67. The summed E-state index contributed by atoms with van der Waals surface area (Å²) in [5.41, 5.74) is 3.17. The van der Waals surface area contributed by atoms with Crippen LogP contribution < -0.4 is 4.31 Å². The average molecular weight is 630 g/mol. The zero-order chi connectivity index (χ0) is 29.2. The molecule has 1 aliphatic rings. The summed E-state index contributed by atoms with van der Waals surface area (Å²) in [7, 11) is -7.93. The molecule has 7 nitrogen and oxygen atoms in total. The molecular formula is C30H32ClN3O4S3. The number of pyridine rings is 1. The van der Waals surface area contributed by atoms with Crippen molar-refractivity contribution in [2.24, 2.45) is 0 Å². The Hall–Kier alpha value is -2.76. The van der Waals surface area contributed by atoms with E-state index < -0.39 is 20.0 Å². The topological polar surface area (TPSA) is 87.7 Å². The lowest BCUT2D eigenvalue weighted by Crippen LogP contribution is -2.38. The highest BCUT2D eigenvalue weighted by Crippen LogP contribution is 2.35. The summed E-state index contributed by atoms with van der Waals surface area (Å²) < 4.78 is 58.7. The molecule has 2 aromatic heterocycles. The molecule has 5 rings (SSSR count). The van der Waals surface area contributed by atoms with Gasteiger partial charge >= 0.3 is 0 Å². The maximum absolute atomic E-state index is 14.0. The lowest BCUT2D eigenvalue weighted by Gasteiger charge is -2.28. The minimum Gasteiger partial charge on any atom is -0.259 e. The molecule has 0 radical (unpaired) electrons. The molecule has 0 bridgehead atoms. The second kappa shape index (κ2) is 12.2. The Morgan fingerprint density at radius 3 is 2.12 bits per heavy atom. The van der Waals surface area contributed by atoms with Gasteiger partial charge in [-0.3, -0.25) is 9.29 Å². The van der Waals surface area contributed by atoms with E-state index >= 15 is 0 Å². The van der Waals surface area contributed by atoms with Crippen molar-refractivity contribution < 1.29 is 16.8 Å². The fourth-order valence-corrected chi connectivity index (χ4v) is 9.62. The third-order valence-corrected chi connectivity index (χ3v) is 12.7. The van der Waals surface area contributed by atoms with Crippen molar-refractivity contribution in [3.8, 4) is 0 Å². The molecule has 1 aliphatic carbocycles. The number of rotatable bonds is 10. The van der Waals surface area contributed by atoms with E-state index in [4.69, 9.17) is 11.6 Å². The van der Waals surface area contributed by atoms with Crippen LogP contribution in [0.2, 0.25) is 5.02 Å². The van der Waals surface area contributed by atoms with Gasteiger partial charge in [0.05, 0.1) is 22.0 Å². The van der Waals surface area contributed by atoms with Gasteiger partial charge in [-0.05, 0) is 97.3 Å². The fraction of sp³-hybridized carbons (Fsp3) is 0.300. The molecule has 2 aromatic carbocycles. The zero-order valence-corrected chi connectivity index (χ0v) is 26.1. The van der Waals surface area contributed by atoms with Crippen molar-refractivity contribution in [3.63, 3.8) is 0 Å². The van der Waals surface area contributed by atoms with Gasteiger partial charge in [-0.15, -0.1) is 11.3 Å². The van der Waals surface area contributed by atoms with E-state index in [1.54, 1.807) is 22.6 Å². The Kier molecular flexibility index (Phi) is 8.87. The number of hydrogen-bond donors (Lipinski definition) is 0. The molecule has 216 valence electrons. The Balaban J connectivity index is 1.47. The molecule has 0 amide bonds. The first-order chi connectivity index (χ1) is 19.6. The largest absolute Gasteiger partial charge is 0.265 e. The Morgan fingerprint density at radius 1 is 0.854 bits per heavy atom. The summed E-state index contributed by atoms with van der Waals surface area (Å²) in [5.74, 6) is 0. The molecule has 2 heterocycles. The first-order valence-corrected chi connectivity index (χ1v) is 17.5. The molecule has 0 N–H and O–H groups in total. The summed E-state index contributed by atoms with van der Waals surface area (Å²) in [4.78, 5) is 4.39. The van der Waals surface area contributed by atoms with Gasteiger partial charge in [0.15, 0.2) is 0 Å². The van der Waals surface area contributed by atoms with Gasteiger partial charge in [0.25, 0.3) is 10.0 Å². The molecule has 0 saturated heterocycles. The number of hydrogen-bond acceptors (Lipinski definition) is 6. The number of thiophene rings is 1. The maximum atomic E-state index is 14.0. The second-order valence-electron chi connectivity index (χ2n) is 10.3. The van der Waals surface area contributed by atoms with E-state index in [-0.39, 0.29) is 28.9 Å². The first-order valence-electron chi connectivity index (χ1n) is 13.4. The van der Waals surface area contributed by atoms with Crippen LogP contribution in [0.4, 0.5) is 5.00 Å². The van der Waals surface area contributed by atoms with Gasteiger partial charge < -0.3 is 0 Å². The quantitative estimate of drug-likeness (QED) is 0.190. The van der Waals surface area contributed by atoms with Crippen molar-refractivity contribution in [1.82, 2.24) is 9.29 Å². The Morgan fingerprint density at radius 2 is 1.54 bits per heavy atom. The zero-order valence-electron chi connectivity index (χ0n) is 22.9. The molecule has 0 spiro atoms. The van der Waals surface area contributed by atoms with Crippen LogP contribution in [0.3, 0.4) is 0 Å². The van der Waals surface area contributed by atoms with E-state index in [2.05, 4.69) is 4.98 Å². The minimum absolute atomic E-state index is 0.0120. The molecule has 0 aliphatic heterocycles. The lowest BCUT2D eigenvalue weighted by molar-refractivity contribution is 0.316. The SMILES string of the molecule is Cc1ccc(CN(C2CCCC2)S(=O)(=O)c2ccc(S(=O)(=O)N(Cc3ccccn3)c3sccc3C)cc2)cc1Cl. The third-order valence-electron chi connectivity index (χ3n) is 7.42. The van der Waals surface area contributed by atoms with Crippen molar-refractivity contribution in [3.05, 3.63) is 106 Å². The normalized spacial score (nSPS) is 14.5. The smallest absolute Gasteiger partial charge is 0.259 e. The fourth-order valence-electron chi connectivity index (χ4n) is 5.09. The van der Waals surface area contributed by atoms with Crippen molar-refractivity contribution in [2.75, 3.05) is 4.31 Å². The van der Waals surface area contributed by atoms with Crippen LogP contribution >= 0.6 is 22.9 Å². The summed E-state index contributed by atoms with van der Waals surface area (Å²) in [6, 6.07) is 18.3. The molecule has 0 unspecified atom stereocenters. The number of aromatic nitrogens is 1. The van der Waals surface area contributed by atoms with Crippen LogP contribution in [-0.4, -0.2) is 32.2 Å². The monoisotopic (exact) mass is 629 g/mol. The standard InChI is InChI=1S/C30H32ClN3O4S3/c1-22-10-11-24(19-29(22)31)20-33(26-8-3-4-9-26)40(35,36)27-12-14-28(15-13-27)41(37,38)34(30-23(2)16-18-39-30)21-25-7-5-6-17-32-25/h5-7,10-19,26H,3-4,8-9,20-21H2,1-2H3. The summed E-state index contributed by atoms with van der Waals surface area (Å²) in [5, 5.41) is 3.04. The molecule has 41 heavy (non-hydrogen) atoms. The number of sulfonamides is 2. The Bertz CT molecular complexity index is 1720. The predicted octanol–water partition coefficient (Wildman–Crippen LogP) is 6.94. The predicted molar refractivity (Wildman–Crippen MR) is 164 cm³/mol. The van der Waals surface area contributed by atoms with E-state index in [0.29, 0.717) is 15.7 Å². The summed E-state index contributed by atoms with van der Waals surface area (Å²) in [6.07, 6.45) is 5.14. The number of aryl methyl sites for hydroxylation is 2. The molecule has 4 aromatic rings. The van der Waals surface area contributed by atoms with Gasteiger partial charge in [-0.1, -0.05) is 42.6 Å². The van der Waals surface area contributed by atoms with Gasteiger partial charge in [0.2, 0.25) is 10.0 Å². The van der Waals surface area contributed by atoms with Gasteiger partial charge in [-0.2, -0.15) is 4.31 Å². The van der Waals surface area contributed by atoms with Crippen LogP contribution in [0.15, 0.2) is 88.1 Å². The number of anilines is 1. The maximum Gasteiger partial charge on any atom is 0.265 e. The van der Waals surface area contributed by atoms with Gasteiger partial charge in [-0.25, -0.2) is 16.8 Å². The van der Waals surface area contributed by atoms with E-state index in [0.717, 1.165) is 42.4 Å². The molecule has 1 fully saturated rings. The van der Waals surface area contributed by atoms with E-state index in [1.807, 2.05) is 49.6 Å². The second-order valence-corrected chi connectivity index (χ2v) is 15.3. The molecule has 11 heteroatoms. The highest BCUT2D eigenvalue weighted by atomic mass is 35.5. The van der Waals surface area contributed by atoms with Crippen LogP contribution in [-0.2, 0) is 33.1 Å². The molecule has 0 atom stereocenters. The van der Waals surface area contributed by atoms with Crippen molar-refractivity contribution >= 4 is 48.0 Å². The third kappa shape index (κ3) is 6.36. The summed E-state index contributed by atoms with van der Waals surface area (Å²) in [6.45, 7) is 4.02. The van der Waals surface area contributed by atoms with Gasteiger partial charge in [0, 0.05) is 23.8 Å². The van der Waals surface area contributed by atoms with E-state index in [1.165, 1.54) is 39.9 Å². The average Bonchev–Trinajstić information content (AvgIpc) is 3.65. The Labute approximate surface area is 251 Å². The van der Waals surface area contributed by atoms with Gasteiger partial charge in [0.1, 0.15) is 5.00 Å². The highest BCUT2D eigenvalue weighted by molar-refractivity contribution is 7.93. The number of nitrogens with zero attached hydrogens (tertiary/aromatic N) is 3. The number of halogens is 1. The van der Waals surface area contributed by atoms with Crippen molar-refractivity contribution in [1.29, 1.82) is 0 Å². The first kappa shape index (κ1) is 29.7. The minimum atomic E-state index is -4.02. The van der Waals surface area contributed by atoms with Crippen LogP contribution in [0, 0.1) is 13.8 Å².